The fourth-order valence-electron chi connectivity index (χ4n) is 14.3. The molecular weight excluding hydrogens is 1930 g/mol. The van der Waals surface area contributed by atoms with E-state index >= 15 is 0 Å². The third-order valence-electron chi connectivity index (χ3n) is 20.7. The highest BCUT2D eigenvalue weighted by Gasteiger charge is 2.44. The average molecular weight is 2140 g/mol. The summed E-state index contributed by atoms with van der Waals surface area (Å²) in [5, 5.41) is 27.0. The first-order valence-electron chi connectivity index (χ1n) is 49.0. The average Bonchev–Trinajstić information content (AvgIpc) is 1.67. The number of esters is 2. The first kappa shape index (κ1) is 165. The summed E-state index contributed by atoms with van der Waals surface area (Å²) >= 11 is 0. The number of amides is 15. The van der Waals surface area contributed by atoms with Crippen molar-refractivity contribution in [2.75, 3.05) is 14.2 Å². The predicted octanol–water partition coefficient (Wildman–Crippen LogP) is 20.2. The van der Waals surface area contributed by atoms with Crippen LogP contribution in [-0.2, 0) is 95.5 Å². The van der Waals surface area contributed by atoms with Crippen molar-refractivity contribution in [2.45, 2.75) is 529 Å². The number of nitrogens with two attached hydrogens (primary N) is 1. The van der Waals surface area contributed by atoms with Crippen LogP contribution < -0.4 is 43.0 Å². The molecule has 0 aromatic heterocycles. The molecule has 0 aliphatic carbocycles. The number of hydrogen-bond acceptors (Lipinski definition) is 25. The number of aliphatic carboxylic acids is 1. The minimum atomic E-state index is -1.04. The highest BCUT2D eigenvalue weighted by Crippen LogP contribution is 2.30. The number of ether oxygens (including phenoxy) is 6. The molecule has 6 unspecified atom stereocenters. The molecule has 4 rings (SSSR count). The molecule has 37 nitrogen and oxygen atoms in total. The summed E-state index contributed by atoms with van der Waals surface area (Å²) in [5.74, 6) is -5.01. The van der Waals surface area contributed by atoms with Gasteiger partial charge in [-0.05, 0) is 210 Å². The number of carboxylic acids is 1. The largest absolute Gasteiger partial charge is 0.480 e. The molecule has 4 aliphatic heterocycles. The summed E-state index contributed by atoms with van der Waals surface area (Å²) in [7, 11) is 2.62. The van der Waals surface area contributed by atoms with Gasteiger partial charge in [0.2, 0.25) is 17.7 Å². The van der Waals surface area contributed by atoms with E-state index in [1.54, 1.807) is 96.9 Å². The molecule has 0 radical (unpaired) electrons. The highest BCUT2D eigenvalue weighted by atomic mass is 32.1. The van der Waals surface area contributed by atoms with E-state index in [0.717, 1.165) is 99.3 Å². The van der Waals surface area contributed by atoms with Gasteiger partial charge in [0.05, 0.1) is 38.4 Å². The van der Waals surface area contributed by atoms with E-state index in [1.807, 2.05) is 111 Å². The van der Waals surface area contributed by atoms with Crippen molar-refractivity contribution in [1.82, 2.24) is 56.8 Å². The second kappa shape index (κ2) is 84.8. The summed E-state index contributed by atoms with van der Waals surface area (Å²) in [6, 6.07) is -6.23. The van der Waals surface area contributed by atoms with E-state index in [1.165, 1.54) is 58.1 Å². The predicted molar refractivity (Wildman–Crippen MR) is 600 cm³/mol. The standard InChI is InChI=1S/2C18H30N2O4.C16H30N2O5.2C16H26N2O3.C10H19NO4.C6H13NO2.8CH4.2H2S/c2*1-7-9-13(19-17(23)24-18(4,5)6)16(22)20-14(10-8-2)12(3)11-15(20)21;1-7-9-11(18-15(21)23-16(3,4)5)13(19)17-12(10-8-2)14(20)22-6;2*1-5-8-12(17-14(19)7-3)16(21)18-13(9-6-2)11(4)10-15(18)20;1-5-6-7(8(12)13)11-9(14)15-10(2,3)4;1-3-4-5(7)6(8)9-2;;;;;;;;;;/h2*11,13-14H,7-10H2,1-6H3,(H,19,23);11-12H,7-10H2,1-6H3,(H,17,19)(H,18,21);2*10,12-13H,5-9H2,1-4H3,(H,17,19);7H,5-6H2,1-4H3,(H,11,14)(H,12,13);5H,3-4,7H2,1-2H3;8*1H4;2*1H2/t2*13-,14?;11-,12?;2*12-,13?;7-;;;;;;;;;;;/m000000.........../s1. The van der Waals surface area contributed by atoms with E-state index in [0.29, 0.717) is 89.9 Å². The molecule has 0 aromatic rings. The smallest absolute Gasteiger partial charge is 0.408 e. The van der Waals surface area contributed by atoms with E-state index < -0.39 is 113 Å². The van der Waals surface area contributed by atoms with Crippen LogP contribution in [0.4, 0.5) is 19.2 Å². The van der Waals surface area contributed by atoms with Gasteiger partial charge in [-0.3, -0.25) is 77.1 Å². The summed E-state index contributed by atoms with van der Waals surface area (Å²) in [4.78, 5) is 221. The summed E-state index contributed by atoms with van der Waals surface area (Å²) in [5.41, 5.74) is 6.45. The lowest BCUT2D eigenvalue weighted by Gasteiger charge is -2.29. The monoisotopic (exact) mass is 2140 g/mol. The molecule has 4 aliphatic rings. The van der Waals surface area contributed by atoms with Crippen molar-refractivity contribution in [1.29, 1.82) is 0 Å². The number of alkyl carbamates (subject to hydrolysis) is 4. The minimum Gasteiger partial charge on any atom is -0.480 e. The van der Waals surface area contributed by atoms with Gasteiger partial charge in [0.15, 0.2) is 0 Å². The van der Waals surface area contributed by atoms with Gasteiger partial charge >= 0.3 is 42.3 Å². The fraction of sp³-hybridized carbons (Fsp3) is 0.759. The highest BCUT2D eigenvalue weighted by molar-refractivity contribution is 7.59. The quantitative estimate of drug-likeness (QED) is 0.0203. The van der Waals surface area contributed by atoms with Gasteiger partial charge in [0.1, 0.15) is 70.7 Å². The Bertz CT molecular complexity index is 3860. The van der Waals surface area contributed by atoms with Crippen LogP contribution >= 0.6 is 27.0 Å². The third kappa shape index (κ3) is 64.9. The Kier molecular flexibility index (Phi) is 95.2. The second-order valence-corrected chi connectivity index (χ2v) is 38.1. The molecule has 15 amide bonds. The number of carbonyl (C=O) groups is 18. The SMILES string of the molecule is C.C.C.C.C.C.C.C.CCCC(N)C(=O)OC.CCCC(NC(=O)[C@H](CCC)NC(=O)OC(C)(C)C)C(=O)OC.CCCC1C(C)=CC(=O)N1C(=O)[C@H](CCC)NC(=O)CC.CCCC1C(C)=CC(=O)N1C(=O)[C@H](CCC)NC(=O)CC.CCCC1C(C)=CC(=O)N1C(=O)[C@H](CCC)NC(=O)OC(C)(C)C.CCCC1C(C)=CC(=O)N1C(=O)[C@H](CCC)NC(=O)OC(C)(C)C.CCC[C@H](NC(=O)OC(C)(C)C)C(=O)O.S.S. The number of rotatable bonds is 41. The zero-order valence-electron chi connectivity index (χ0n) is 89.7. The summed E-state index contributed by atoms with van der Waals surface area (Å²) < 4.78 is 29.7. The molecule has 0 saturated carbocycles. The lowest BCUT2D eigenvalue weighted by Crippen LogP contribution is -2.52. The molecule has 0 spiro atoms. The van der Waals surface area contributed by atoms with Gasteiger partial charge in [-0.2, -0.15) is 27.0 Å². The van der Waals surface area contributed by atoms with E-state index in [2.05, 4.69) is 46.7 Å². The second-order valence-electron chi connectivity index (χ2n) is 38.1. The van der Waals surface area contributed by atoms with Crippen LogP contribution in [0.3, 0.4) is 0 Å². The minimum absolute atomic E-state index is 0. The number of nitrogens with zero attached hydrogens (tertiary/aromatic N) is 4. The van der Waals surface area contributed by atoms with Crippen LogP contribution in [0.15, 0.2) is 46.6 Å². The van der Waals surface area contributed by atoms with Crippen LogP contribution in [0, 0.1) is 0 Å². The summed E-state index contributed by atoms with van der Waals surface area (Å²) in [6.45, 7) is 55.4. The molecule has 0 aromatic carbocycles. The van der Waals surface area contributed by atoms with Gasteiger partial charge in [0, 0.05) is 37.1 Å². The van der Waals surface area contributed by atoms with Crippen molar-refractivity contribution in [2.24, 2.45) is 5.73 Å². The lowest BCUT2D eigenvalue weighted by atomic mass is 10.0. The van der Waals surface area contributed by atoms with Gasteiger partial charge < -0.3 is 76.5 Å². The molecule has 864 valence electrons. The Hall–Kier alpha value is -9.92. The van der Waals surface area contributed by atoms with Crippen molar-refractivity contribution in [3.05, 3.63) is 46.6 Å². The van der Waals surface area contributed by atoms with Gasteiger partial charge in [-0.15, -0.1) is 0 Å². The van der Waals surface area contributed by atoms with Crippen LogP contribution in [0.25, 0.3) is 0 Å². The number of nitrogens with one attached hydrogen (secondary N) is 7. The zero-order valence-corrected chi connectivity index (χ0v) is 91.7. The van der Waals surface area contributed by atoms with Crippen LogP contribution in [-0.4, -0.2) is 241 Å². The third-order valence-corrected chi connectivity index (χ3v) is 20.7. The van der Waals surface area contributed by atoms with Crippen LogP contribution in [0.1, 0.15) is 434 Å². The van der Waals surface area contributed by atoms with Crippen LogP contribution in [0.5, 0.6) is 0 Å². The first-order chi connectivity index (χ1) is 63.7. The molecule has 0 bridgehead atoms. The maximum absolute atomic E-state index is 12.9. The molecule has 4 heterocycles. The Morgan fingerprint density at radius 2 is 0.503 bits per heavy atom. The lowest BCUT2D eigenvalue weighted by molar-refractivity contribution is -0.146. The molecule has 0 fully saturated rings. The normalized spacial score (nSPS) is 16.0. The Balaban J connectivity index is -0.000000130. The maximum Gasteiger partial charge on any atom is 0.408 e. The molecule has 10 N–H and O–H groups in total. The molecule has 0 saturated heterocycles. The maximum atomic E-state index is 12.9. The number of methoxy groups -OCH3 is 2. The summed E-state index contributed by atoms with van der Waals surface area (Å²) in [6.07, 6.45) is 20.6. The van der Waals surface area contributed by atoms with Gasteiger partial charge in [-0.25, -0.2) is 28.8 Å². The first-order valence-corrected chi connectivity index (χ1v) is 49.0. The number of carbonyl (C=O) groups excluding carboxylic acids is 17. The van der Waals surface area contributed by atoms with Crippen LogP contribution in [0.2, 0.25) is 0 Å². The molecule has 39 heteroatoms. The van der Waals surface area contributed by atoms with Gasteiger partial charge in [0.25, 0.3) is 47.3 Å². The van der Waals surface area contributed by atoms with Crippen molar-refractivity contribution >= 4 is 134 Å². The topological polar surface area (TPSA) is 506 Å². The Morgan fingerprint density at radius 1 is 0.306 bits per heavy atom. The zero-order chi connectivity index (χ0) is 106. The van der Waals surface area contributed by atoms with E-state index in [9.17, 15) is 86.3 Å². The Morgan fingerprint density at radius 3 is 0.701 bits per heavy atom. The van der Waals surface area contributed by atoms with E-state index in [4.69, 9.17) is 29.8 Å². The number of hydrogen-bond donors (Lipinski definition) is 9. The Labute approximate surface area is 901 Å². The molecule has 147 heavy (non-hydrogen) atoms. The van der Waals surface area contributed by atoms with Crippen molar-refractivity contribution in [3.63, 3.8) is 0 Å². The van der Waals surface area contributed by atoms with Crippen molar-refractivity contribution < 1.29 is 120 Å². The van der Waals surface area contributed by atoms with E-state index in [-0.39, 0.29) is 176 Å². The fourth-order valence-corrected chi connectivity index (χ4v) is 14.3. The molecular formula is C108H210N12O25S2. The number of carboxylic acid groups (broad SMARTS) is 1. The van der Waals surface area contributed by atoms with Crippen molar-refractivity contribution in [3.8, 4) is 0 Å². The molecule has 12 atom stereocenters. The van der Waals surface area contributed by atoms with Gasteiger partial charge in [-0.1, -0.05) is 233 Å². The number of imide groups is 4.